The summed E-state index contributed by atoms with van der Waals surface area (Å²) in [6, 6.07) is 4.16. The number of likely N-dealkylation sites (N-methyl/N-ethyl adjacent to an activating group) is 1. The van der Waals surface area contributed by atoms with Crippen LogP contribution < -0.4 is 4.74 Å². The van der Waals surface area contributed by atoms with Gasteiger partial charge < -0.3 is 14.7 Å². The van der Waals surface area contributed by atoms with Crippen LogP contribution in [0, 0.1) is 5.82 Å². The van der Waals surface area contributed by atoms with Gasteiger partial charge in [-0.25, -0.2) is 4.39 Å². The van der Waals surface area contributed by atoms with E-state index in [2.05, 4.69) is 0 Å². The maximum atomic E-state index is 13.5. The number of benzene rings is 1. The maximum absolute atomic E-state index is 13.5. The van der Waals surface area contributed by atoms with E-state index in [1.807, 2.05) is 13.8 Å². The summed E-state index contributed by atoms with van der Waals surface area (Å²) in [5, 5.41) is 8.84. The first-order valence-corrected chi connectivity index (χ1v) is 5.92. The lowest BCUT2D eigenvalue weighted by atomic mass is 10.2. The summed E-state index contributed by atoms with van der Waals surface area (Å²) in [6.07, 6.45) is 0. The van der Waals surface area contributed by atoms with Crippen LogP contribution in [0.1, 0.15) is 19.4 Å². The molecule has 0 aliphatic carbocycles. The smallest absolute Gasteiger partial charge is 0.260 e. The number of rotatable bonds is 6. The Balaban J connectivity index is 2.61. The zero-order valence-corrected chi connectivity index (χ0v) is 10.6. The Morgan fingerprint density at radius 1 is 1.39 bits per heavy atom. The first kappa shape index (κ1) is 14.4. The number of aliphatic hydroxyl groups is 1. The van der Waals surface area contributed by atoms with Gasteiger partial charge in [0, 0.05) is 13.1 Å². The third-order valence-corrected chi connectivity index (χ3v) is 2.65. The quantitative estimate of drug-likeness (QED) is 0.839. The minimum absolute atomic E-state index is 0.0210. The molecule has 1 rings (SSSR count). The van der Waals surface area contributed by atoms with E-state index in [1.165, 1.54) is 12.1 Å². The zero-order valence-electron chi connectivity index (χ0n) is 10.6. The van der Waals surface area contributed by atoms with Crippen molar-refractivity contribution in [3.63, 3.8) is 0 Å². The van der Waals surface area contributed by atoms with Gasteiger partial charge in [-0.1, -0.05) is 6.07 Å². The van der Waals surface area contributed by atoms with Crippen LogP contribution in [-0.4, -0.2) is 35.6 Å². The molecule has 0 unspecified atom stereocenters. The van der Waals surface area contributed by atoms with Gasteiger partial charge in [0.05, 0.1) is 6.61 Å². The molecule has 4 nitrogen and oxygen atoms in total. The molecule has 5 heteroatoms. The van der Waals surface area contributed by atoms with Gasteiger partial charge in [0.1, 0.15) is 0 Å². The van der Waals surface area contributed by atoms with Gasteiger partial charge in [-0.15, -0.1) is 0 Å². The Morgan fingerprint density at radius 2 is 2.06 bits per heavy atom. The minimum atomic E-state index is -0.575. The van der Waals surface area contributed by atoms with Crippen LogP contribution in [-0.2, 0) is 11.4 Å². The van der Waals surface area contributed by atoms with Gasteiger partial charge in [0.25, 0.3) is 5.91 Å². The number of carbonyl (C=O) groups excluding carboxylic acids is 1. The number of hydrogen-bond donors (Lipinski definition) is 1. The number of halogens is 1. The highest BCUT2D eigenvalue weighted by Crippen LogP contribution is 2.18. The second-order valence-corrected chi connectivity index (χ2v) is 3.78. The monoisotopic (exact) mass is 255 g/mol. The molecule has 0 aromatic heterocycles. The molecule has 0 fully saturated rings. The highest BCUT2D eigenvalue weighted by molar-refractivity contribution is 5.77. The molecule has 1 aromatic rings. The van der Waals surface area contributed by atoms with Crippen molar-refractivity contribution in [2.24, 2.45) is 0 Å². The van der Waals surface area contributed by atoms with Gasteiger partial charge in [0.2, 0.25) is 0 Å². The molecule has 0 radical (unpaired) electrons. The Morgan fingerprint density at radius 3 is 2.56 bits per heavy atom. The molecule has 0 atom stereocenters. The lowest BCUT2D eigenvalue weighted by molar-refractivity contribution is -0.133. The summed E-state index contributed by atoms with van der Waals surface area (Å²) in [5.74, 6) is -0.729. The highest BCUT2D eigenvalue weighted by Gasteiger charge is 2.12. The van der Waals surface area contributed by atoms with Crippen LogP contribution >= 0.6 is 0 Å². The van der Waals surface area contributed by atoms with E-state index in [4.69, 9.17) is 9.84 Å². The third-order valence-electron chi connectivity index (χ3n) is 2.65. The molecule has 1 N–H and O–H groups in total. The van der Waals surface area contributed by atoms with E-state index in [0.29, 0.717) is 18.7 Å². The third kappa shape index (κ3) is 3.70. The number of amides is 1. The zero-order chi connectivity index (χ0) is 13.5. The molecule has 0 aliphatic rings. The van der Waals surface area contributed by atoms with Gasteiger partial charge in [-0.2, -0.15) is 0 Å². The lowest BCUT2D eigenvalue weighted by Gasteiger charge is -2.18. The first-order chi connectivity index (χ1) is 8.62. The van der Waals surface area contributed by atoms with Crippen molar-refractivity contribution in [1.29, 1.82) is 0 Å². The summed E-state index contributed by atoms with van der Waals surface area (Å²) >= 11 is 0. The number of ether oxygens (including phenoxy) is 1. The Kier molecular flexibility index (Phi) is 5.58. The topological polar surface area (TPSA) is 49.8 Å². The summed E-state index contributed by atoms with van der Waals surface area (Å²) in [4.78, 5) is 13.3. The Hall–Kier alpha value is -1.62. The van der Waals surface area contributed by atoms with Crippen LogP contribution in [0.25, 0.3) is 0 Å². The average Bonchev–Trinajstić information content (AvgIpc) is 2.38. The average molecular weight is 255 g/mol. The number of nitrogens with zero attached hydrogens (tertiary/aromatic N) is 1. The number of hydrogen-bond acceptors (Lipinski definition) is 3. The van der Waals surface area contributed by atoms with Crippen LogP contribution in [0.4, 0.5) is 4.39 Å². The van der Waals surface area contributed by atoms with E-state index in [-0.39, 0.29) is 24.9 Å². The predicted octanol–water partition coefficient (Wildman–Crippen LogP) is 1.57. The van der Waals surface area contributed by atoms with E-state index < -0.39 is 5.82 Å². The molecular formula is C13H18FNO3. The Bertz CT molecular complexity index is 405. The van der Waals surface area contributed by atoms with E-state index >= 15 is 0 Å². The number of aliphatic hydroxyl groups excluding tert-OH is 1. The fraction of sp³-hybridized carbons (Fsp3) is 0.462. The molecule has 0 spiro atoms. The summed E-state index contributed by atoms with van der Waals surface area (Å²) in [7, 11) is 0. The predicted molar refractivity (Wildman–Crippen MR) is 65.7 cm³/mol. The van der Waals surface area contributed by atoms with Crippen LogP contribution in [0.2, 0.25) is 0 Å². The van der Waals surface area contributed by atoms with Crippen molar-refractivity contribution in [3.05, 3.63) is 29.6 Å². The van der Waals surface area contributed by atoms with Crippen molar-refractivity contribution in [2.45, 2.75) is 20.5 Å². The molecule has 0 bridgehead atoms. The van der Waals surface area contributed by atoms with Gasteiger partial charge >= 0.3 is 0 Å². The first-order valence-electron chi connectivity index (χ1n) is 5.92. The molecule has 100 valence electrons. The van der Waals surface area contributed by atoms with E-state index in [0.717, 1.165) is 0 Å². The fourth-order valence-electron chi connectivity index (χ4n) is 1.57. The maximum Gasteiger partial charge on any atom is 0.260 e. The van der Waals surface area contributed by atoms with Crippen LogP contribution in [0.3, 0.4) is 0 Å². The highest BCUT2D eigenvalue weighted by atomic mass is 19.1. The van der Waals surface area contributed by atoms with E-state index in [1.54, 1.807) is 11.0 Å². The molecule has 0 saturated heterocycles. The molecular weight excluding hydrogens is 237 g/mol. The molecule has 1 amide bonds. The van der Waals surface area contributed by atoms with Crippen molar-refractivity contribution in [3.8, 4) is 5.75 Å². The van der Waals surface area contributed by atoms with E-state index in [9.17, 15) is 9.18 Å². The summed E-state index contributed by atoms with van der Waals surface area (Å²) in [5.41, 5.74) is 0.468. The largest absolute Gasteiger partial charge is 0.481 e. The van der Waals surface area contributed by atoms with Crippen molar-refractivity contribution < 1.29 is 19.0 Å². The molecule has 1 aromatic carbocycles. The number of carbonyl (C=O) groups is 1. The van der Waals surface area contributed by atoms with Crippen LogP contribution in [0.5, 0.6) is 5.75 Å². The Labute approximate surface area is 106 Å². The lowest BCUT2D eigenvalue weighted by Crippen LogP contribution is -2.34. The molecule has 18 heavy (non-hydrogen) atoms. The van der Waals surface area contributed by atoms with Gasteiger partial charge in [0.15, 0.2) is 18.2 Å². The fourth-order valence-corrected chi connectivity index (χ4v) is 1.57. The standard InChI is InChI=1S/C13H18FNO3/c1-3-15(4-2)13(17)9-18-12-6-5-10(8-16)7-11(12)14/h5-7,16H,3-4,8-9H2,1-2H3. The summed E-state index contributed by atoms with van der Waals surface area (Å²) < 4.78 is 18.6. The molecule has 0 heterocycles. The second kappa shape index (κ2) is 6.96. The second-order valence-electron chi connectivity index (χ2n) is 3.78. The van der Waals surface area contributed by atoms with Gasteiger partial charge in [-0.3, -0.25) is 4.79 Å². The minimum Gasteiger partial charge on any atom is -0.481 e. The van der Waals surface area contributed by atoms with Crippen molar-refractivity contribution >= 4 is 5.91 Å². The molecule has 0 saturated carbocycles. The molecule has 0 aliphatic heterocycles. The van der Waals surface area contributed by atoms with Crippen molar-refractivity contribution in [2.75, 3.05) is 19.7 Å². The van der Waals surface area contributed by atoms with Crippen LogP contribution in [0.15, 0.2) is 18.2 Å². The van der Waals surface area contributed by atoms with Crippen molar-refractivity contribution in [1.82, 2.24) is 4.90 Å². The van der Waals surface area contributed by atoms with Gasteiger partial charge in [-0.05, 0) is 31.5 Å². The summed E-state index contributed by atoms with van der Waals surface area (Å²) in [6.45, 7) is 4.54. The SMILES string of the molecule is CCN(CC)C(=O)COc1ccc(CO)cc1F. The normalized spacial score (nSPS) is 10.2.